The normalized spacial score (nSPS) is 11.0. The Morgan fingerprint density at radius 3 is 2.72 bits per heavy atom. The molecule has 0 bridgehead atoms. The molecule has 32 heavy (non-hydrogen) atoms. The summed E-state index contributed by atoms with van der Waals surface area (Å²) < 4.78 is 5.62. The first-order chi connectivity index (χ1) is 15.2. The Hall–Kier alpha value is -3.00. The molecule has 0 amide bonds. The van der Waals surface area contributed by atoms with Crippen LogP contribution < -0.4 is 16.0 Å². The number of rotatable bonds is 12. The van der Waals surface area contributed by atoms with Crippen LogP contribution in [0, 0.1) is 13.8 Å². The number of aryl methyl sites for hydroxylation is 1. The number of unbranched alkanes of at least 4 members (excludes halogenated alkanes) is 3. The molecular weight excluding hydrogens is 428 g/mol. The molecule has 2 aromatic rings. The van der Waals surface area contributed by atoms with Gasteiger partial charge in [0.2, 0.25) is 5.95 Å². The number of aromatic nitrogens is 2. The lowest BCUT2D eigenvalue weighted by Crippen LogP contribution is -2.15. The van der Waals surface area contributed by atoms with E-state index in [1.165, 1.54) is 0 Å². The van der Waals surface area contributed by atoms with Crippen molar-refractivity contribution in [1.29, 1.82) is 0 Å². The first-order valence-corrected chi connectivity index (χ1v) is 10.9. The summed E-state index contributed by atoms with van der Waals surface area (Å²) in [5, 5.41) is 13.7. The number of nitrogen functional groups attached to an aromatic ring is 1. The van der Waals surface area contributed by atoms with Gasteiger partial charge in [-0.05, 0) is 63.8 Å². The average molecular weight is 461 g/mol. The molecule has 0 fully saturated rings. The van der Waals surface area contributed by atoms with Crippen LogP contribution in [0.25, 0.3) is 0 Å². The summed E-state index contributed by atoms with van der Waals surface area (Å²) >= 11 is 6.11. The number of nitrogens with one attached hydrogen (secondary N) is 1. The van der Waals surface area contributed by atoms with Crippen LogP contribution >= 0.6 is 11.6 Å². The third-order valence-electron chi connectivity index (χ3n) is 4.92. The second-order valence-corrected chi connectivity index (χ2v) is 8.10. The number of nitrogens with zero attached hydrogens (tertiary/aromatic N) is 4. The minimum Gasteiger partial charge on any atom is -0.508 e. The Morgan fingerprint density at radius 2 is 2.03 bits per heavy atom. The van der Waals surface area contributed by atoms with Crippen LogP contribution in [0.5, 0.6) is 5.75 Å². The van der Waals surface area contributed by atoms with E-state index in [0.29, 0.717) is 41.5 Å². The van der Waals surface area contributed by atoms with E-state index in [2.05, 4.69) is 26.9 Å². The van der Waals surface area contributed by atoms with E-state index in [9.17, 15) is 5.11 Å². The summed E-state index contributed by atoms with van der Waals surface area (Å²) in [5.74, 6) is 1.64. The highest BCUT2D eigenvalue weighted by Crippen LogP contribution is 2.27. The Kier molecular flexibility index (Phi) is 9.59. The lowest BCUT2D eigenvalue weighted by molar-refractivity contribution is 0.185. The predicted molar refractivity (Wildman–Crippen MR) is 132 cm³/mol. The first-order valence-electron chi connectivity index (χ1n) is 10.6. The van der Waals surface area contributed by atoms with Crippen LogP contribution in [0.15, 0.2) is 29.6 Å². The first kappa shape index (κ1) is 25.3. The van der Waals surface area contributed by atoms with Crippen molar-refractivity contribution in [3.63, 3.8) is 0 Å². The van der Waals surface area contributed by atoms with Gasteiger partial charge in [0.1, 0.15) is 11.4 Å². The topological polar surface area (TPSA) is 109 Å². The maximum Gasteiger partial charge on any atom is 0.227 e. The average Bonchev–Trinajstić information content (AvgIpc) is 2.74. The van der Waals surface area contributed by atoms with E-state index in [-0.39, 0.29) is 5.75 Å². The molecule has 8 nitrogen and oxygen atoms in total. The van der Waals surface area contributed by atoms with Crippen molar-refractivity contribution < 1.29 is 9.84 Å². The van der Waals surface area contributed by atoms with Crippen molar-refractivity contribution in [3.8, 4) is 5.75 Å². The molecule has 9 heteroatoms. The summed E-state index contributed by atoms with van der Waals surface area (Å²) in [7, 11) is 3.74. The molecule has 0 atom stereocenters. The minimum absolute atomic E-state index is 0.200. The molecule has 0 saturated heterocycles. The van der Waals surface area contributed by atoms with E-state index < -0.39 is 0 Å². The number of phenolic OH excluding ortho intramolecular Hbond substituents is 1. The number of aromatic hydroxyl groups is 1. The molecule has 1 aromatic carbocycles. The van der Waals surface area contributed by atoms with Gasteiger partial charge in [-0.3, -0.25) is 4.99 Å². The van der Waals surface area contributed by atoms with Crippen molar-refractivity contribution in [2.24, 2.45) is 4.99 Å². The number of benzene rings is 1. The molecule has 4 N–H and O–H groups in total. The van der Waals surface area contributed by atoms with E-state index >= 15 is 0 Å². The molecule has 1 aromatic heterocycles. The highest BCUT2D eigenvalue weighted by atomic mass is 35.5. The van der Waals surface area contributed by atoms with Crippen molar-refractivity contribution in [2.45, 2.75) is 46.1 Å². The summed E-state index contributed by atoms with van der Waals surface area (Å²) in [5.41, 5.74) is 8.97. The van der Waals surface area contributed by atoms with Gasteiger partial charge in [-0.15, -0.1) is 0 Å². The standard InChI is InChI=1S/C23H33ClN6O2/c1-15-18(20(31)11-10-19(15)24)14-27-17(3)32-13-9-7-6-8-12-26-21-16(2)28-23(30(4)5)29-22(21)25/h10-12,27,31H,3,6-9,13-14H2,1-2,4-5H3,(H2,25,28,29)/b26-12-. The smallest absolute Gasteiger partial charge is 0.227 e. The van der Waals surface area contributed by atoms with Gasteiger partial charge in [0, 0.05) is 37.4 Å². The van der Waals surface area contributed by atoms with Gasteiger partial charge in [0.25, 0.3) is 0 Å². The van der Waals surface area contributed by atoms with Crippen LogP contribution in [0.1, 0.15) is 42.5 Å². The Labute approximate surface area is 195 Å². The number of anilines is 2. The van der Waals surface area contributed by atoms with Gasteiger partial charge in [-0.25, -0.2) is 4.98 Å². The lowest BCUT2D eigenvalue weighted by Gasteiger charge is -2.14. The maximum absolute atomic E-state index is 9.99. The highest BCUT2D eigenvalue weighted by molar-refractivity contribution is 6.31. The molecule has 0 aliphatic rings. The van der Waals surface area contributed by atoms with Gasteiger partial charge in [-0.1, -0.05) is 11.6 Å². The molecule has 0 unspecified atom stereocenters. The number of ether oxygens (including phenoxy) is 1. The monoisotopic (exact) mass is 460 g/mol. The predicted octanol–water partition coefficient (Wildman–Crippen LogP) is 4.64. The summed E-state index contributed by atoms with van der Waals surface area (Å²) in [4.78, 5) is 14.9. The van der Waals surface area contributed by atoms with E-state index in [4.69, 9.17) is 22.1 Å². The molecular formula is C23H33ClN6O2. The van der Waals surface area contributed by atoms with Gasteiger partial charge in [0.15, 0.2) is 11.7 Å². The lowest BCUT2D eigenvalue weighted by atomic mass is 10.1. The van der Waals surface area contributed by atoms with E-state index in [0.717, 1.165) is 42.5 Å². The molecule has 0 radical (unpaired) electrons. The van der Waals surface area contributed by atoms with Crippen LogP contribution in [0.4, 0.5) is 17.5 Å². The highest BCUT2D eigenvalue weighted by Gasteiger charge is 2.10. The molecule has 174 valence electrons. The van der Waals surface area contributed by atoms with Crippen molar-refractivity contribution in [2.75, 3.05) is 31.3 Å². The van der Waals surface area contributed by atoms with Crippen LogP contribution in [0.2, 0.25) is 5.02 Å². The van der Waals surface area contributed by atoms with Crippen LogP contribution in [-0.2, 0) is 11.3 Å². The number of phenols is 1. The number of nitrogens with two attached hydrogens (primary N) is 1. The van der Waals surface area contributed by atoms with Gasteiger partial charge < -0.3 is 25.8 Å². The molecule has 0 spiro atoms. The Bertz CT molecular complexity index is 939. The zero-order valence-electron chi connectivity index (χ0n) is 19.3. The quantitative estimate of drug-likeness (QED) is 0.240. The molecule has 0 aliphatic carbocycles. The zero-order chi connectivity index (χ0) is 23.7. The minimum atomic E-state index is 0.200. The fourth-order valence-electron chi connectivity index (χ4n) is 2.97. The zero-order valence-corrected chi connectivity index (χ0v) is 20.0. The number of aliphatic imine (C=N–C) groups is 1. The number of hydrogen-bond donors (Lipinski definition) is 3. The molecule has 0 aliphatic heterocycles. The number of hydrogen-bond acceptors (Lipinski definition) is 8. The Morgan fingerprint density at radius 1 is 1.28 bits per heavy atom. The van der Waals surface area contributed by atoms with E-state index in [1.54, 1.807) is 12.1 Å². The second-order valence-electron chi connectivity index (χ2n) is 7.69. The Balaban J connectivity index is 1.65. The van der Waals surface area contributed by atoms with Gasteiger partial charge in [0.05, 0.1) is 12.3 Å². The summed E-state index contributed by atoms with van der Waals surface area (Å²) in [6, 6.07) is 3.26. The van der Waals surface area contributed by atoms with Crippen molar-refractivity contribution in [1.82, 2.24) is 15.3 Å². The van der Waals surface area contributed by atoms with Gasteiger partial charge in [-0.2, -0.15) is 4.98 Å². The van der Waals surface area contributed by atoms with Crippen LogP contribution in [0.3, 0.4) is 0 Å². The maximum atomic E-state index is 9.99. The number of halogens is 1. The fraction of sp³-hybridized carbons (Fsp3) is 0.435. The van der Waals surface area contributed by atoms with Gasteiger partial charge >= 0.3 is 0 Å². The SMILES string of the molecule is C=C(NCc1c(O)ccc(Cl)c1C)OCCCCC/C=N\c1c(C)nc(N(C)C)nc1N. The fourth-order valence-corrected chi connectivity index (χ4v) is 3.15. The summed E-state index contributed by atoms with van der Waals surface area (Å²) in [6.45, 7) is 8.58. The van der Waals surface area contributed by atoms with Crippen molar-refractivity contribution in [3.05, 3.63) is 46.4 Å². The molecule has 2 rings (SSSR count). The second kappa shape index (κ2) is 12.1. The molecule has 1 heterocycles. The van der Waals surface area contributed by atoms with Crippen molar-refractivity contribution >= 4 is 35.3 Å². The van der Waals surface area contributed by atoms with E-state index in [1.807, 2.05) is 39.1 Å². The third kappa shape index (κ3) is 7.30. The largest absolute Gasteiger partial charge is 0.508 e. The third-order valence-corrected chi connectivity index (χ3v) is 5.33. The van der Waals surface area contributed by atoms with Crippen LogP contribution in [-0.4, -0.2) is 42.0 Å². The molecule has 0 saturated carbocycles. The summed E-state index contributed by atoms with van der Waals surface area (Å²) in [6.07, 6.45) is 5.58.